The summed E-state index contributed by atoms with van der Waals surface area (Å²) in [5.41, 5.74) is 7.61. The van der Waals surface area contributed by atoms with Crippen LogP contribution in [0.4, 0.5) is 0 Å². The second kappa shape index (κ2) is 7.58. The van der Waals surface area contributed by atoms with Crippen LogP contribution < -0.4 is 11.1 Å². The van der Waals surface area contributed by atoms with E-state index in [9.17, 15) is 9.59 Å². The number of amidine groups is 1. The molecule has 1 aliphatic heterocycles. The Morgan fingerprint density at radius 3 is 2.71 bits per heavy atom. The van der Waals surface area contributed by atoms with Gasteiger partial charge >= 0.3 is 5.97 Å². The van der Waals surface area contributed by atoms with E-state index in [0.717, 1.165) is 11.3 Å². The Hall–Kier alpha value is -2.90. The molecule has 0 fully saturated rings. The highest BCUT2D eigenvalue weighted by molar-refractivity contribution is 6.02. The Kier molecular flexibility index (Phi) is 5.51. The molecule has 128 valence electrons. The van der Waals surface area contributed by atoms with Crippen LogP contribution in [0.5, 0.6) is 0 Å². The summed E-state index contributed by atoms with van der Waals surface area (Å²) in [6.45, 7) is 1.64. The summed E-state index contributed by atoms with van der Waals surface area (Å²) in [5.74, 6) is -1.23. The van der Waals surface area contributed by atoms with E-state index in [-0.39, 0.29) is 30.7 Å². The van der Waals surface area contributed by atoms with Gasteiger partial charge in [0.15, 0.2) is 0 Å². The molecule has 1 heterocycles. The number of nitrogens with two attached hydrogens (primary N) is 1. The lowest BCUT2D eigenvalue weighted by Gasteiger charge is -2.13. The maximum absolute atomic E-state index is 11.9. The van der Waals surface area contributed by atoms with E-state index >= 15 is 0 Å². The van der Waals surface area contributed by atoms with Gasteiger partial charge in [0.05, 0.1) is 18.6 Å². The molecule has 1 aromatic carbocycles. The minimum Gasteiger partial charge on any atom is -0.481 e. The summed E-state index contributed by atoms with van der Waals surface area (Å²) >= 11 is 0. The molecular formula is C16H20N4O4. The molecule has 0 saturated heterocycles. The van der Waals surface area contributed by atoms with Crippen LogP contribution in [0.3, 0.4) is 0 Å². The molecule has 8 nitrogen and oxygen atoms in total. The zero-order valence-electron chi connectivity index (χ0n) is 13.3. The van der Waals surface area contributed by atoms with Crippen molar-refractivity contribution < 1.29 is 19.5 Å². The van der Waals surface area contributed by atoms with Crippen LogP contribution in [0.1, 0.15) is 37.3 Å². The van der Waals surface area contributed by atoms with Crippen molar-refractivity contribution in [3.05, 3.63) is 35.4 Å². The number of carboxylic acids is 1. The molecule has 2 rings (SSSR count). The monoisotopic (exact) mass is 332 g/mol. The van der Waals surface area contributed by atoms with Gasteiger partial charge in [-0.15, -0.1) is 0 Å². The lowest BCUT2D eigenvalue weighted by Crippen LogP contribution is -2.36. The molecule has 0 unspecified atom stereocenters. The highest BCUT2D eigenvalue weighted by atomic mass is 16.6. The second-order valence-corrected chi connectivity index (χ2v) is 5.73. The number of nitrogen functional groups attached to an aromatic ring is 1. The molecule has 24 heavy (non-hydrogen) atoms. The highest BCUT2D eigenvalue weighted by Gasteiger charge is 2.25. The number of oxime groups is 1. The van der Waals surface area contributed by atoms with Crippen LogP contribution in [0, 0.1) is 5.41 Å². The van der Waals surface area contributed by atoms with Gasteiger partial charge < -0.3 is 21.0 Å². The van der Waals surface area contributed by atoms with E-state index in [1.54, 1.807) is 31.2 Å². The first-order valence-corrected chi connectivity index (χ1v) is 7.54. The van der Waals surface area contributed by atoms with Gasteiger partial charge in [-0.25, -0.2) is 0 Å². The van der Waals surface area contributed by atoms with Gasteiger partial charge in [-0.2, -0.15) is 0 Å². The van der Waals surface area contributed by atoms with E-state index in [0.29, 0.717) is 12.0 Å². The fourth-order valence-electron chi connectivity index (χ4n) is 2.40. The zero-order chi connectivity index (χ0) is 17.7. The Morgan fingerprint density at radius 1 is 1.46 bits per heavy atom. The quantitative estimate of drug-likeness (QED) is 0.433. The average molecular weight is 332 g/mol. The minimum absolute atomic E-state index is 0.00353. The number of carbonyl (C=O) groups excluding carboxylic acids is 1. The number of nitrogens with zero attached hydrogens (tertiary/aromatic N) is 1. The van der Waals surface area contributed by atoms with E-state index in [1.165, 1.54) is 0 Å². The fraction of sp³-hybridized carbons (Fsp3) is 0.375. The number of rotatable bonds is 7. The summed E-state index contributed by atoms with van der Waals surface area (Å²) < 4.78 is 0. The van der Waals surface area contributed by atoms with Gasteiger partial charge in [-0.1, -0.05) is 29.4 Å². The first kappa shape index (κ1) is 17.5. The summed E-state index contributed by atoms with van der Waals surface area (Å²) in [7, 11) is 0. The SMILES string of the molecule is C[C@H](CC(=O)O)NC(=O)C[C@@H]1CC(c2ccc(C(=N)N)cc2)=NO1. The van der Waals surface area contributed by atoms with E-state index in [1.807, 2.05) is 0 Å². The zero-order valence-corrected chi connectivity index (χ0v) is 13.3. The van der Waals surface area contributed by atoms with Crippen LogP contribution in [0.25, 0.3) is 0 Å². The van der Waals surface area contributed by atoms with Crippen LogP contribution in [-0.2, 0) is 14.4 Å². The van der Waals surface area contributed by atoms with Crippen LogP contribution in [0.15, 0.2) is 29.4 Å². The molecule has 0 aliphatic carbocycles. The van der Waals surface area contributed by atoms with Crippen molar-refractivity contribution in [3.63, 3.8) is 0 Å². The largest absolute Gasteiger partial charge is 0.481 e. The van der Waals surface area contributed by atoms with Crippen molar-refractivity contribution in [3.8, 4) is 0 Å². The van der Waals surface area contributed by atoms with Crippen molar-refractivity contribution in [2.45, 2.75) is 38.3 Å². The summed E-state index contributed by atoms with van der Waals surface area (Å²) in [6, 6.07) is 6.63. The molecular weight excluding hydrogens is 312 g/mol. The number of carboxylic acid groups (broad SMARTS) is 1. The Labute approximate surface area is 139 Å². The lowest BCUT2D eigenvalue weighted by atomic mass is 10.0. The Bertz CT molecular complexity index is 669. The fourth-order valence-corrected chi connectivity index (χ4v) is 2.40. The first-order chi connectivity index (χ1) is 11.3. The number of hydrogen-bond acceptors (Lipinski definition) is 5. The maximum Gasteiger partial charge on any atom is 0.305 e. The smallest absolute Gasteiger partial charge is 0.305 e. The van der Waals surface area contributed by atoms with Crippen LogP contribution in [-0.4, -0.2) is 40.7 Å². The number of nitrogens with one attached hydrogen (secondary N) is 2. The molecule has 0 spiro atoms. The molecule has 1 aliphatic rings. The number of carbonyl (C=O) groups is 2. The summed E-state index contributed by atoms with van der Waals surface area (Å²) in [5, 5.41) is 22.7. The third-order valence-corrected chi connectivity index (χ3v) is 3.56. The number of amides is 1. The van der Waals surface area contributed by atoms with Crippen molar-refractivity contribution in [1.82, 2.24) is 5.32 Å². The van der Waals surface area contributed by atoms with Crippen molar-refractivity contribution in [2.75, 3.05) is 0 Å². The van der Waals surface area contributed by atoms with E-state index in [2.05, 4.69) is 10.5 Å². The molecule has 1 amide bonds. The second-order valence-electron chi connectivity index (χ2n) is 5.73. The van der Waals surface area contributed by atoms with Gasteiger partial charge in [-0.3, -0.25) is 15.0 Å². The van der Waals surface area contributed by atoms with Crippen molar-refractivity contribution in [1.29, 1.82) is 5.41 Å². The predicted octanol–water partition coefficient (Wildman–Crippen LogP) is 0.833. The molecule has 1 aromatic rings. The van der Waals surface area contributed by atoms with Gasteiger partial charge in [0.1, 0.15) is 11.9 Å². The lowest BCUT2D eigenvalue weighted by molar-refractivity contribution is -0.137. The molecule has 8 heteroatoms. The maximum atomic E-state index is 11.9. The van der Waals surface area contributed by atoms with E-state index in [4.69, 9.17) is 21.1 Å². The number of benzene rings is 1. The number of hydrogen-bond donors (Lipinski definition) is 4. The first-order valence-electron chi connectivity index (χ1n) is 7.54. The van der Waals surface area contributed by atoms with Crippen LogP contribution in [0.2, 0.25) is 0 Å². The third-order valence-electron chi connectivity index (χ3n) is 3.56. The molecule has 5 N–H and O–H groups in total. The molecule has 2 atom stereocenters. The van der Waals surface area contributed by atoms with Gasteiger partial charge in [0.2, 0.25) is 5.91 Å². The molecule has 0 bridgehead atoms. The van der Waals surface area contributed by atoms with Crippen LogP contribution >= 0.6 is 0 Å². The standard InChI is InChI=1S/C16H20N4O4/c1-9(6-15(22)23)19-14(21)8-12-7-13(20-24-12)10-2-4-11(5-3-10)16(17)18/h2-5,9,12H,6-8H2,1H3,(H3,17,18)(H,19,21)(H,22,23)/t9-,12+/m1/s1. The third kappa shape index (κ3) is 4.80. The van der Waals surface area contributed by atoms with E-state index < -0.39 is 12.0 Å². The minimum atomic E-state index is -0.959. The molecule has 0 radical (unpaired) electrons. The van der Waals surface area contributed by atoms with Crippen molar-refractivity contribution in [2.24, 2.45) is 10.9 Å². The normalized spacial score (nSPS) is 17.5. The highest BCUT2D eigenvalue weighted by Crippen LogP contribution is 2.19. The van der Waals surface area contributed by atoms with Gasteiger partial charge in [0, 0.05) is 18.0 Å². The average Bonchev–Trinajstić information content (AvgIpc) is 2.94. The summed E-state index contributed by atoms with van der Waals surface area (Å²) in [4.78, 5) is 27.7. The molecule has 0 aromatic heterocycles. The summed E-state index contributed by atoms with van der Waals surface area (Å²) in [6.07, 6.45) is 0.106. The topological polar surface area (TPSA) is 138 Å². The Balaban J connectivity index is 1.85. The van der Waals surface area contributed by atoms with Gasteiger partial charge in [-0.05, 0) is 12.5 Å². The Morgan fingerprint density at radius 2 is 2.12 bits per heavy atom. The van der Waals surface area contributed by atoms with Crippen molar-refractivity contribution >= 4 is 23.4 Å². The molecule has 0 saturated carbocycles. The number of aliphatic carboxylic acids is 1. The predicted molar refractivity (Wildman–Crippen MR) is 88.0 cm³/mol. The van der Waals surface area contributed by atoms with Gasteiger partial charge in [0.25, 0.3) is 0 Å².